The van der Waals surface area contributed by atoms with E-state index in [1.165, 1.54) is 0 Å². The van der Waals surface area contributed by atoms with Gasteiger partial charge in [0.05, 0.1) is 0 Å². The van der Waals surface area contributed by atoms with Crippen molar-refractivity contribution in [2.45, 2.75) is 33.6 Å². The average molecular weight is 240 g/mol. The molecule has 0 aliphatic carbocycles. The van der Waals surface area contributed by atoms with Crippen molar-refractivity contribution in [3.63, 3.8) is 0 Å². The lowest BCUT2D eigenvalue weighted by Gasteiger charge is -2.20. The summed E-state index contributed by atoms with van der Waals surface area (Å²) in [6.45, 7) is 6.01. The van der Waals surface area contributed by atoms with Gasteiger partial charge in [-0.25, -0.2) is 0 Å². The van der Waals surface area contributed by atoms with Crippen molar-refractivity contribution in [1.82, 2.24) is 4.98 Å². The zero-order valence-corrected chi connectivity index (χ0v) is 10.8. The Morgan fingerprint density at radius 1 is 1.50 bits per heavy atom. The Morgan fingerprint density at radius 3 is 2.75 bits per heavy atom. The van der Waals surface area contributed by atoms with Gasteiger partial charge in [-0.2, -0.15) is 0 Å². The van der Waals surface area contributed by atoms with E-state index in [1.54, 1.807) is 12.4 Å². The summed E-state index contributed by atoms with van der Waals surface area (Å²) in [4.78, 5) is 15.9. The third kappa shape index (κ3) is 3.93. The molecule has 0 amide bonds. The second-order valence-corrected chi connectivity index (χ2v) is 5.26. The highest BCUT2D eigenvalue weighted by Crippen LogP contribution is 2.23. The minimum Gasteiger partial charge on any atom is -0.299 e. The van der Waals surface area contributed by atoms with Crippen LogP contribution in [0.2, 0.25) is 0 Å². The molecule has 0 fully saturated rings. The Balaban J connectivity index is 2.62. The molecular weight excluding hydrogens is 222 g/mol. The molecule has 88 valence electrons. The van der Waals surface area contributed by atoms with Gasteiger partial charge in [-0.3, -0.25) is 9.78 Å². The molecule has 1 rings (SSSR count). The molecule has 2 nitrogen and oxygen atoms in total. The maximum atomic E-state index is 11.9. The molecule has 0 aromatic carbocycles. The summed E-state index contributed by atoms with van der Waals surface area (Å²) < 4.78 is 0. The molecule has 16 heavy (non-hydrogen) atoms. The number of halogens is 1. The minimum absolute atomic E-state index is 0.116. The molecule has 1 aromatic rings. The molecule has 0 radical (unpaired) electrons. The van der Waals surface area contributed by atoms with Crippen LogP contribution in [0.5, 0.6) is 0 Å². The maximum absolute atomic E-state index is 11.9. The standard InChI is InChI=1S/C13H18ClNO/c1-10-4-5-15-8-11(10)6-12(16)7-13(2,3)9-14/h4-5,8H,6-7,9H2,1-3H3. The Morgan fingerprint density at radius 2 is 2.19 bits per heavy atom. The first-order valence-corrected chi connectivity index (χ1v) is 5.95. The van der Waals surface area contributed by atoms with E-state index < -0.39 is 0 Å². The molecular formula is C13H18ClNO. The molecule has 0 aliphatic heterocycles. The van der Waals surface area contributed by atoms with Crippen LogP contribution in [-0.2, 0) is 11.2 Å². The number of ketones is 1. The molecule has 0 saturated carbocycles. The van der Waals surface area contributed by atoms with Crippen LogP contribution in [0.15, 0.2) is 18.5 Å². The number of rotatable bonds is 5. The summed E-state index contributed by atoms with van der Waals surface area (Å²) in [5.41, 5.74) is 2.01. The Labute approximate surface area is 102 Å². The van der Waals surface area contributed by atoms with Crippen LogP contribution >= 0.6 is 11.6 Å². The Bertz CT molecular complexity index is 374. The van der Waals surface area contributed by atoms with Gasteiger partial charge in [0.1, 0.15) is 5.78 Å². The number of nitrogens with zero attached hydrogens (tertiary/aromatic N) is 1. The predicted octanol–water partition coefficient (Wildman–Crippen LogP) is 3.16. The van der Waals surface area contributed by atoms with Crippen molar-refractivity contribution >= 4 is 17.4 Å². The van der Waals surface area contributed by atoms with Crippen LogP contribution < -0.4 is 0 Å². The van der Waals surface area contributed by atoms with Crippen molar-refractivity contribution in [3.05, 3.63) is 29.6 Å². The van der Waals surface area contributed by atoms with Gasteiger partial charge >= 0.3 is 0 Å². The van der Waals surface area contributed by atoms with Gasteiger partial charge in [-0.15, -0.1) is 11.6 Å². The van der Waals surface area contributed by atoms with E-state index in [2.05, 4.69) is 4.98 Å². The van der Waals surface area contributed by atoms with Gasteiger partial charge in [-0.1, -0.05) is 13.8 Å². The first-order valence-electron chi connectivity index (χ1n) is 5.42. The molecule has 0 aliphatic rings. The molecule has 1 aromatic heterocycles. The molecule has 0 spiro atoms. The van der Waals surface area contributed by atoms with Gasteiger partial charge < -0.3 is 0 Å². The first kappa shape index (κ1) is 13.2. The fraction of sp³-hybridized carbons (Fsp3) is 0.538. The van der Waals surface area contributed by atoms with Crippen LogP contribution in [0.1, 0.15) is 31.4 Å². The zero-order valence-electron chi connectivity index (χ0n) is 10.1. The molecule has 3 heteroatoms. The number of carbonyl (C=O) groups is 1. The lowest BCUT2D eigenvalue weighted by Crippen LogP contribution is -2.20. The van der Waals surface area contributed by atoms with Crippen molar-refractivity contribution < 1.29 is 4.79 Å². The Hall–Kier alpha value is -0.890. The van der Waals surface area contributed by atoms with Crippen molar-refractivity contribution in [2.75, 3.05) is 5.88 Å². The van der Waals surface area contributed by atoms with Gasteiger partial charge in [0.15, 0.2) is 0 Å². The molecule has 0 saturated heterocycles. The van der Waals surface area contributed by atoms with Crippen molar-refractivity contribution in [1.29, 1.82) is 0 Å². The minimum atomic E-state index is -0.116. The van der Waals surface area contributed by atoms with E-state index in [0.29, 0.717) is 18.7 Å². The van der Waals surface area contributed by atoms with E-state index in [1.807, 2.05) is 26.8 Å². The van der Waals surface area contributed by atoms with Gasteiger partial charge in [0.2, 0.25) is 0 Å². The lowest BCUT2D eigenvalue weighted by atomic mass is 9.87. The number of alkyl halides is 1. The van der Waals surface area contributed by atoms with Gasteiger partial charge in [-0.05, 0) is 29.5 Å². The highest BCUT2D eigenvalue weighted by atomic mass is 35.5. The number of Topliss-reactive ketones (excluding diaryl/α,β-unsaturated/α-hetero) is 1. The molecule has 0 atom stereocenters. The lowest BCUT2D eigenvalue weighted by molar-refractivity contribution is -0.120. The summed E-state index contributed by atoms with van der Waals surface area (Å²) >= 11 is 5.81. The molecule has 0 unspecified atom stereocenters. The number of aryl methyl sites for hydroxylation is 1. The normalized spacial score (nSPS) is 11.5. The smallest absolute Gasteiger partial charge is 0.137 e. The van der Waals surface area contributed by atoms with Crippen LogP contribution in [0.3, 0.4) is 0 Å². The molecule has 1 heterocycles. The van der Waals surface area contributed by atoms with Crippen molar-refractivity contribution in [3.8, 4) is 0 Å². The zero-order chi connectivity index (χ0) is 12.2. The number of aromatic nitrogens is 1. The first-order chi connectivity index (χ1) is 7.44. The van der Waals surface area contributed by atoms with E-state index in [-0.39, 0.29) is 11.2 Å². The molecule has 0 N–H and O–H groups in total. The van der Waals surface area contributed by atoms with Crippen LogP contribution in [-0.4, -0.2) is 16.6 Å². The van der Waals surface area contributed by atoms with E-state index in [0.717, 1.165) is 11.1 Å². The topological polar surface area (TPSA) is 30.0 Å². The monoisotopic (exact) mass is 239 g/mol. The van der Waals surface area contributed by atoms with E-state index in [9.17, 15) is 4.79 Å². The fourth-order valence-electron chi connectivity index (χ4n) is 1.54. The fourth-order valence-corrected chi connectivity index (χ4v) is 1.63. The second kappa shape index (κ2) is 5.44. The number of hydrogen-bond donors (Lipinski definition) is 0. The average Bonchev–Trinajstić information content (AvgIpc) is 2.21. The summed E-state index contributed by atoms with van der Waals surface area (Å²) in [5, 5.41) is 0. The van der Waals surface area contributed by atoms with Crippen LogP contribution in [0.4, 0.5) is 0 Å². The SMILES string of the molecule is Cc1ccncc1CC(=O)CC(C)(C)CCl. The van der Waals surface area contributed by atoms with E-state index in [4.69, 9.17) is 11.6 Å². The maximum Gasteiger partial charge on any atom is 0.137 e. The second-order valence-electron chi connectivity index (χ2n) is 4.99. The summed E-state index contributed by atoms with van der Waals surface area (Å²) in [7, 11) is 0. The highest BCUT2D eigenvalue weighted by Gasteiger charge is 2.21. The van der Waals surface area contributed by atoms with Crippen LogP contribution in [0.25, 0.3) is 0 Å². The third-order valence-corrected chi connectivity index (χ3v) is 3.30. The summed E-state index contributed by atoms with van der Waals surface area (Å²) in [6.07, 6.45) is 4.48. The van der Waals surface area contributed by atoms with Gasteiger partial charge in [0, 0.05) is 31.1 Å². The van der Waals surface area contributed by atoms with E-state index >= 15 is 0 Å². The quantitative estimate of drug-likeness (QED) is 0.739. The summed E-state index contributed by atoms with van der Waals surface area (Å²) in [6, 6.07) is 1.93. The molecule has 0 bridgehead atoms. The van der Waals surface area contributed by atoms with Crippen LogP contribution in [0, 0.1) is 12.3 Å². The number of carbonyl (C=O) groups excluding carboxylic acids is 1. The Kier molecular flexibility index (Phi) is 4.48. The highest BCUT2D eigenvalue weighted by molar-refractivity contribution is 6.18. The summed E-state index contributed by atoms with van der Waals surface area (Å²) in [5.74, 6) is 0.729. The predicted molar refractivity (Wildman–Crippen MR) is 66.8 cm³/mol. The third-order valence-electron chi connectivity index (χ3n) is 2.57. The number of hydrogen-bond acceptors (Lipinski definition) is 2. The number of pyridine rings is 1. The largest absolute Gasteiger partial charge is 0.299 e. The van der Waals surface area contributed by atoms with Crippen molar-refractivity contribution in [2.24, 2.45) is 5.41 Å². The van der Waals surface area contributed by atoms with Gasteiger partial charge in [0.25, 0.3) is 0 Å².